The first-order valence-corrected chi connectivity index (χ1v) is 6.34. The summed E-state index contributed by atoms with van der Waals surface area (Å²) in [7, 11) is 0. The van der Waals surface area contributed by atoms with E-state index < -0.39 is 0 Å². The Morgan fingerprint density at radius 2 is 1.28 bits per heavy atom. The molecule has 0 amide bonds. The Hall–Kier alpha value is -1.58. The van der Waals surface area contributed by atoms with Gasteiger partial charge in [0.05, 0.1) is 0 Å². The highest BCUT2D eigenvalue weighted by Gasteiger charge is 2.28. The summed E-state index contributed by atoms with van der Waals surface area (Å²) in [5, 5.41) is 0. The Bertz CT molecular complexity index is 327. The lowest BCUT2D eigenvalue weighted by Crippen LogP contribution is -2.09. The fourth-order valence-corrected chi connectivity index (χ4v) is 2.34. The predicted octanol–water partition coefficient (Wildman–Crippen LogP) is 2.29. The zero-order valence-corrected chi connectivity index (χ0v) is 10.4. The smallest absolute Gasteiger partial charge is 0.333 e. The molecule has 4 heteroatoms. The van der Waals surface area contributed by atoms with E-state index in [0.717, 1.165) is 25.7 Å². The van der Waals surface area contributed by atoms with Crippen LogP contribution >= 0.6 is 0 Å². The molecule has 2 saturated heterocycles. The van der Waals surface area contributed by atoms with Gasteiger partial charge < -0.3 is 9.47 Å². The van der Waals surface area contributed by atoms with Gasteiger partial charge in [-0.2, -0.15) is 0 Å². The van der Waals surface area contributed by atoms with Gasteiger partial charge in [-0.1, -0.05) is 13.2 Å². The van der Waals surface area contributed by atoms with E-state index in [2.05, 4.69) is 13.2 Å². The van der Waals surface area contributed by atoms with Gasteiger partial charge in [0, 0.05) is 24.0 Å². The minimum absolute atomic E-state index is 0.00825. The molecule has 0 spiro atoms. The van der Waals surface area contributed by atoms with E-state index in [-0.39, 0.29) is 24.1 Å². The molecule has 2 aliphatic heterocycles. The average Bonchev–Trinajstić information content (AvgIpc) is 2.79. The topological polar surface area (TPSA) is 52.6 Å². The lowest BCUT2D eigenvalue weighted by molar-refractivity contribution is -0.140. The molecule has 2 aliphatic rings. The summed E-state index contributed by atoms with van der Waals surface area (Å²) in [6, 6.07) is 0. The fourth-order valence-electron chi connectivity index (χ4n) is 2.34. The fraction of sp³-hybridized carbons (Fsp3) is 0.571. The monoisotopic (exact) mass is 250 g/mol. The number of hydrogen-bond donors (Lipinski definition) is 0. The molecule has 0 N–H and O–H groups in total. The van der Waals surface area contributed by atoms with Gasteiger partial charge in [0.25, 0.3) is 0 Å². The maximum absolute atomic E-state index is 11.1. The number of ether oxygens (including phenoxy) is 2. The van der Waals surface area contributed by atoms with Crippen LogP contribution in [0.25, 0.3) is 0 Å². The maximum atomic E-state index is 11.1. The van der Waals surface area contributed by atoms with Crippen LogP contribution in [-0.2, 0) is 19.1 Å². The number of cyclic esters (lactones) is 2. The zero-order chi connectivity index (χ0) is 13.1. The number of rotatable bonds is 5. The lowest BCUT2D eigenvalue weighted by atomic mass is 10.0. The largest absolute Gasteiger partial charge is 0.459 e. The molecule has 2 rings (SSSR count). The second-order valence-electron chi connectivity index (χ2n) is 4.95. The second-order valence-corrected chi connectivity index (χ2v) is 4.95. The van der Waals surface area contributed by atoms with Gasteiger partial charge in [-0.05, 0) is 25.7 Å². The molecule has 0 aromatic heterocycles. The molecule has 2 heterocycles. The van der Waals surface area contributed by atoms with Crippen molar-refractivity contribution in [1.82, 2.24) is 0 Å². The van der Waals surface area contributed by atoms with E-state index in [1.54, 1.807) is 0 Å². The molecule has 2 atom stereocenters. The van der Waals surface area contributed by atoms with Crippen molar-refractivity contribution in [3.63, 3.8) is 0 Å². The highest BCUT2D eigenvalue weighted by Crippen LogP contribution is 2.25. The minimum atomic E-state index is -0.263. The Kier molecular flexibility index (Phi) is 3.84. The number of carbonyl (C=O) groups is 2. The number of unbranched alkanes of at least 4 members (excludes halogenated alkanes) is 1. The average molecular weight is 250 g/mol. The van der Waals surface area contributed by atoms with Crippen molar-refractivity contribution in [3.05, 3.63) is 24.3 Å². The van der Waals surface area contributed by atoms with E-state index in [1.807, 2.05) is 0 Å². The first-order valence-electron chi connectivity index (χ1n) is 6.34. The molecular weight excluding hydrogens is 232 g/mol. The van der Waals surface area contributed by atoms with Gasteiger partial charge >= 0.3 is 11.9 Å². The first kappa shape index (κ1) is 12.9. The Balaban J connectivity index is 1.60. The van der Waals surface area contributed by atoms with Crippen LogP contribution in [0.2, 0.25) is 0 Å². The Morgan fingerprint density at radius 1 is 0.889 bits per heavy atom. The van der Waals surface area contributed by atoms with Gasteiger partial charge in [-0.15, -0.1) is 0 Å². The molecule has 0 aromatic carbocycles. The Labute approximate surface area is 107 Å². The van der Waals surface area contributed by atoms with Crippen molar-refractivity contribution >= 4 is 11.9 Å². The normalized spacial score (nSPS) is 27.6. The molecule has 0 aliphatic carbocycles. The molecule has 0 unspecified atom stereocenters. The molecular formula is C14H18O4. The summed E-state index contributed by atoms with van der Waals surface area (Å²) in [6.07, 6.45) is 4.91. The third-order valence-corrected chi connectivity index (χ3v) is 3.38. The van der Waals surface area contributed by atoms with E-state index in [9.17, 15) is 9.59 Å². The van der Waals surface area contributed by atoms with Crippen LogP contribution < -0.4 is 0 Å². The summed E-state index contributed by atoms with van der Waals surface area (Å²) < 4.78 is 10.3. The summed E-state index contributed by atoms with van der Waals surface area (Å²) in [4.78, 5) is 22.2. The zero-order valence-electron chi connectivity index (χ0n) is 10.4. The van der Waals surface area contributed by atoms with Crippen molar-refractivity contribution in [2.75, 3.05) is 0 Å². The lowest BCUT2D eigenvalue weighted by Gasteiger charge is -2.10. The van der Waals surface area contributed by atoms with Gasteiger partial charge in [0.15, 0.2) is 0 Å². The number of esters is 2. The number of carbonyl (C=O) groups excluding carboxylic acids is 2. The van der Waals surface area contributed by atoms with Gasteiger partial charge in [0.2, 0.25) is 0 Å². The maximum Gasteiger partial charge on any atom is 0.333 e. The van der Waals surface area contributed by atoms with E-state index >= 15 is 0 Å². The van der Waals surface area contributed by atoms with Crippen LogP contribution in [0, 0.1) is 0 Å². The molecule has 2 fully saturated rings. The van der Waals surface area contributed by atoms with Crippen molar-refractivity contribution < 1.29 is 19.1 Å². The van der Waals surface area contributed by atoms with Crippen molar-refractivity contribution in [2.24, 2.45) is 0 Å². The predicted molar refractivity (Wildman–Crippen MR) is 65.7 cm³/mol. The summed E-state index contributed by atoms with van der Waals surface area (Å²) >= 11 is 0. The van der Waals surface area contributed by atoms with Gasteiger partial charge in [-0.3, -0.25) is 0 Å². The molecule has 18 heavy (non-hydrogen) atoms. The SMILES string of the molecule is C=C1C[C@H](CCCC[C@H]2CC(=C)C(=O)O2)OC1=O. The second kappa shape index (κ2) is 5.38. The molecule has 0 saturated carbocycles. The van der Waals surface area contributed by atoms with E-state index in [1.165, 1.54) is 0 Å². The van der Waals surface area contributed by atoms with Crippen LogP contribution in [0.1, 0.15) is 38.5 Å². The standard InChI is InChI=1S/C14H18O4/c1-9-7-11(17-13(9)15)5-3-4-6-12-8-10(2)14(16)18-12/h11-12H,1-8H2/t11-,12-/m0/s1. The molecule has 98 valence electrons. The summed E-state index contributed by atoms with van der Waals surface area (Å²) in [6.45, 7) is 7.30. The molecule has 4 nitrogen and oxygen atoms in total. The molecule has 0 bridgehead atoms. The van der Waals surface area contributed by atoms with Crippen molar-refractivity contribution in [3.8, 4) is 0 Å². The van der Waals surface area contributed by atoms with E-state index in [4.69, 9.17) is 9.47 Å². The molecule has 0 radical (unpaired) electrons. The third kappa shape index (κ3) is 3.00. The van der Waals surface area contributed by atoms with Gasteiger partial charge in [-0.25, -0.2) is 9.59 Å². The summed E-state index contributed by atoms with van der Waals surface area (Å²) in [5.74, 6) is -0.526. The number of hydrogen-bond acceptors (Lipinski definition) is 4. The van der Waals surface area contributed by atoms with Crippen LogP contribution in [0.3, 0.4) is 0 Å². The van der Waals surface area contributed by atoms with Crippen molar-refractivity contribution in [2.45, 2.75) is 50.7 Å². The Morgan fingerprint density at radius 3 is 1.56 bits per heavy atom. The van der Waals surface area contributed by atoms with Crippen LogP contribution in [-0.4, -0.2) is 24.1 Å². The quantitative estimate of drug-likeness (QED) is 0.427. The highest BCUT2D eigenvalue weighted by molar-refractivity contribution is 5.90. The third-order valence-electron chi connectivity index (χ3n) is 3.38. The van der Waals surface area contributed by atoms with Gasteiger partial charge in [0.1, 0.15) is 12.2 Å². The van der Waals surface area contributed by atoms with Crippen LogP contribution in [0.15, 0.2) is 24.3 Å². The van der Waals surface area contributed by atoms with E-state index in [0.29, 0.717) is 24.0 Å². The van der Waals surface area contributed by atoms with Crippen LogP contribution in [0.5, 0.6) is 0 Å². The highest BCUT2D eigenvalue weighted by atomic mass is 16.6. The first-order chi connectivity index (χ1) is 8.56. The molecule has 0 aromatic rings. The van der Waals surface area contributed by atoms with Crippen LogP contribution in [0.4, 0.5) is 0 Å². The van der Waals surface area contributed by atoms with Crippen molar-refractivity contribution in [1.29, 1.82) is 0 Å². The minimum Gasteiger partial charge on any atom is -0.459 e. The summed E-state index contributed by atoms with van der Waals surface area (Å²) in [5.41, 5.74) is 1.14.